The Bertz CT molecular complexity index is 636. The summed E-state index contributed by atoms with van der Waals surface area (Å²) in [5.74, 6) is 1.15. The van der Waals surface area contributed by atoms with Gasteiger partial charge in [0.2, 0.25) is 5.91 Å². The van der Waals surface area contributed by atoms with Gasteiger partial charge in [0.25, 0.3) is 0 Å². The van der Waals surface area contributed by atoms with Crippen LogP contribution in [0.4, 0.5) is 10.1 Å². The molecule has 6 heteroatoms. The number of methoxy groups -OCH3 is 2. The van der Waals surface area contributed by atoms with Crippen molar-refractivity contribution in [2.45, 2.75) is 6.42 Å². The number of rotatable bonds is 7. The Morgan fingerprint density at radius 2 is 1.61 bits per heavy atom. The minimum atomic E-state index is -0.331. The molecule has 0 heterocycles. The molecule has 0 aromatic heterocycles. The maximum absolute atomic E-state index is 12.8. The van der Waals surface area contributed by atoms with E-state index < -0.39 is 0 Å². The van der Waals surface area contributed by atoms with Gasteiger partial charge in [0, 0.05) is 23.9 Å². The fraction of sp³-hybridized carbons (Fsp3) is 0.235. The van der Waals surface area contributed by atoms with Crippen LogP contribution >= 0.6 is 0 Å². The maximum Gasteiger partial charge on any atom is 0.227 e. The van der Waals surface area contributed by atoms with Gasteiger partial charge in [-0.25, -0.2) is 4.39 Å². The van der Waals surface area contributed by atoms with E-state index in [9.17, 15) is 9.18 Å². The standard InChI is InChI=1S/C17H18FNO4/c1-21-15-9-13(10-16(11-15)22-2)19-17(20)7-8-23-14-5-3-12(18)4-6-14/h3-6,9-11H,7-8H2,1-2H3,(H,19,20). The van der Waals surface area contributed by atoms with Gasteiger partial charge < -0.3 is 19.5 Å². The number of benzene rings is 2. The van der Waals surface area contributed by atoms with Crippen molar-refractivity contribution in [1.82, 2.24) is 0 Å². The van der Waals surface area contributed by atoms with Gasteiger partial charge in [-0.2, -0.15) is 0 Å². The molecule has 0 saturated carbocycles. The molecular formula is C17H18FNO4. The van der Waals surface area contributed by atoms with Crippen LogP contribution < -0.4 is 19.5 Å². The van der Waals surface area contributed by atoms with Gasteiger partial charge in [-0.15, -0.1) is 0 Å². The second-order valence-corrected chi connectivity index (χ2v) is 4.70. The van der Waals surface area contributed by atoms with Gasteiger partial charge in [0.05, 0.1) is 27.2 Å². The molecule has 2 aromatic rings. The lowest BCUT2D eigenvalue weighted by molar-refractivity contribution is -0.116. The normalized spacial score (nSPS) is 10.0. The molecule has 0 bridgehead atoms. The average molecular weight is 319 g/mol. The molecule has 0 aliphatic rings. The molecule has 1 N–H and O–H groups in total. The summed E-state index contributed by atoms with van der Waals surface area (Å²) in [7, 11) is 3.08. The summed E-state index contributed by atoms with van der Waals surface area (Å²) in [6.45, 7) is 0.193. The number of anilines is 1. The molecule has 0 aliphatic carbocycles. The van der Waals surface area contributed by atoms with Crippen molar-refractivity contribution >= 4 is 11.6 Å². The van der Waals surface area contributed by atoms with Crippen LogP contribution in [0.3, 0.4) is 0 Å². The highest BCUT2D eigenvalue weighted by Crippen LogP contribution is 2.25. The number of hydrogen-bond acceptors (Lipinski definition) is 4. The van der Waals surface area contributed by atoms with Crippen molar-refractivity contribution in [1.29, 1.82) is 0 Å². The van der Waals surface area contributed by atoms with Crippen LogP contribution in [0, 0.1) is 5.82 Å². The first kappa shape index (κ1) is 16.6. The smallest absolute Gasteiger partial charge is 0.227 e. The lowest BCUT2D eigenvalue weighted by Gasteiger charge is -2.10. The number of carbonyl (C=O) groups is 1. The SMILES string of the molecule is COc1cc(NC(=O)CCOc2ccc(F)cc2)cc(OC)c1. The summed E-state index contributed by atoms with van der Waals surface area (Å²) in [4.78, 5) is 11.9. The second kappa shape index (κ2) is 8.03. The zero-order valence-corrected chi connectivity index (χ0v) is 13.0. The van der Waals surface area contributed by atoms with E-state index in [-0.39, 0.29) is 24.8 Å². The predicted octanol–water partition coefficient (Wildman–Crippen LogP) is 3.25. The highest BCUT2D eigenvalue weighted by molar-refractivity contribution is 5.91. The molecule has 1 amide bonds. The molecule has 122 valence electrons. The second-order valence-electron chi connectivity index (χ2n) is 4.70. The molecule has 0 spiro atoms. The summed E-state index contributed by atoms with van der Waals surface area (Å²) in [5, 5.41) is 2.75. The molecule has 0 saturated heterocycles. The molecular weight excluding hydrogens is 301 g/mol. The van der Waals surface area contributed by atoms with Gasteiger partial charge in [0.15, 0.2) is 0 Å². The molecule has 5 nitrogen and oxygen atoms in total. The van der Waals surface area contributed by atoms with E-state index in [4.69, 9.17) is 14.2 Å². The average Bonchev–Trinajstić information content (AvgIpc) is 2.56. The Kier molecular flexibility index (Phi) is 5.80. The Hall–Kier alpha value is -2.76. The third-order valence-corrected chi connectivity index (χ3v) is 3.05. The van der Waals surface area contributed by atoms with E-state index in [1.165, 1.54) is 38.5 Å². The van der Waals surface area contributed by atoms with E-state index in [0.717, 1.165) is 0 Å². The van der Waals surface area contributed by atoms with Gasteiger partial charge >= 0.3 is 0 Å². The zero-order valence-electron chi connectivity index (χ0n) is 13.0. The summed E-state index contributed by atoms with van der Waals surface area (Å²) < 4.78 is 28.4. The number of nitrogens with one attached hydrogen (secondary N) is 1. The molecule has 0 fully saturated rings. The van der Waals surface area contributed by atoms with Crippen LogP contribution in [0.15, 0.2) is 42.5 Å². The zero-order chi connectivity index (χ0) is 16.7. The molecule has 0 radical (unpaired) electrons. The van der Waals surface area contributed by atoms with E-state index in [0.29, 0.717) is 22.9 Å². The molecule has 23 heavy (non-hydrogen) atoms. The Morgan fingerprint density at radius 1 is 1.00 bits per heavy atom. The largest absolute Gasteiger partial charge is 0.497 e. The van der Waals surface area contributed by atoms with Crippen molar-refractivity contribution < 1.29 is 23.4 Å². The fourth-order valence-electron chi connectivity index (χ4n) is 1.90. The Morgan fingerprint density at radius 3 is 2.17 bits per heavy atom. The highest BCUT2D eigenvalue weighted by atomic mass is 19.1. The number of amides is 1. The first-order chi connectivity index (χ1) is 11.1. The van der Waals surface area contributed by atoms with Crippen LogP contribution in [-0.4, -0.2) is 26.7 Å². The monoisotopic (exact) mass is 319 g/mol. The van der Waals surface area contributed by atoms with Gasteiger partial charge in [0.1, 0.15) is 23.1 Å². The lowest BCUT2D eigenvalue weighted by atomic mass is 10.2. The summed E-state index contributed by atoms with van der Waals surface area (Å²) >= 11 is 0. The van der Waals surface area contributed by atoms with E-state index in [1.807, 2.05) is 0 Å². The first-order valence-electron chi connectivity index (χ1n) is 7.02. The molecule has 0 aliphatic heterocycles. The van der Waals surface area contributed by atoms with Crippen LogP contribution in [-0.2, 0) is 4.79 Å². The summed E-state index contributed by atoms with van der Waals surface area (Å²) in [5.41, 5.74) is 0.577. The van der Waals surface area contributed by atoms with Crippen molar-refractivity contribution in [3.63, 3.8) is 0 Å². The van der Waals surface area contributed by atoms with Gasteiger partial charge in [-0.05, 0) is 24.3 Å². The van der Waals surface area contributed by atoms with Crippen LogP contribution in [0.1, 0.15) is 6.42 Å². The number of halogens is 1. The minimum Gasteiger partial charge on any atom is -0.497 e. The fourth-order valence-corrected chi connectivity index (χ4v) is 1.90. The quantitative estimate of drug-likeness (QED) is 0.851. The molecule has 0 atom stereocenters. The molecule has 2 aromatic carbocycles. The van der Waals surface area contributed by atoms with E-state index >= 15 is 0 Å². The number of carbonyl (C=O) groups excluding carboxylic acids is 1. The topological polar surface area (TPSA) is 56.8 Å². The molecule has 2 rings (SSSR count). The van der Waals surface area contributed by atoms with Crippen molar-refractivity contribution in [2.24, 2.45) is 0 Å². The lowest BCUT2D eigenvalue weighted by Crippen LogP contribution is -2.15. The maximum atomic E-state index is 12.8. The summed E-state index contributed by atoms with van der Waals surface area (Å²) in [6, 6.07) is 10.7. The van der Waals surface area contributed by atoms with Gasteiger partial charge in [-0.1, -0.05) is 0 Å². The Balaban J connectivity index is 1.85. The van der Waals surface area contributed by atoms with Crippen molar-refractivity contribution in [3.8, 4) is 17.2 Å². The van der Waals surface area contributed by atoms with Crippen molar-refractivity contribution in [3.05, 3.63) is 48.3 Å². The third kappa shape index (κ3) is 5.18. The predicted molar refractivity (Wildman–Crippen MR) is 84.7 cm³/mol. The summed E-state index contributed by atoms with van der Waals surface area (Å²) in [6.07, 6.45) is 0.164. The number of hydrogen-bond donors (Lipinski definition) is 1. The van der Waals surface area contributed by atoms with Crippen LogP contribution in [0.25, 0.3) is 0 Å². The number of ether oxygens (including phenoxy) is 3. The van der Waals surface area contributed by atoms with Crippen LogP contribution in [0.5, 0.6) is 17.2 Å². The minimum absolute atomic E-state index is 0.164. The highest BCUT2D eigenvalue weighted by Gasteiger charge is 2.07. The first-order valence-corrected chi connectivity index (χ1v) is 7.02. The Labute approximate surface area is 134 Å². The van der Waals surface area contributed by atoms with E-state index in [1.54, 1.807) is 18.2 Å². The van der Waals surface area contributed by atoms with E-state index in [2.05, 4.69) is 5.32 Å². The van der Waals surface area contributed by atoms with Gasteiger partial charge in [-0.3, -0.25) is 4.79 Å². The van der Waals surface area contributed by atoms with Crippen LogP contribution in [0.2, 0.25) is 0 Å². The molecule has 0 unspecified atom stereocenters. The third-order valence-electron chi connectivity index (χ3n) is 3.05. The van der Waals surface area contributed by atoms with Crippen molar-refractivity contribution in [2.75, 3.05) is 26.1 Å².